The normalized spacial score (nSPS) is 17.6. The summed E-state index contributed by atoms with van der Waals surface area (Å²) in [6.45, 7) is 6.66. The first-order valence-corrected chi connectivity index (χ1v) is 14.1. The van der Waals surface area contributed by atoms with Crippen LogP contribution in [0.2, 0.25) is 0 Å². The van der Waals surface area contributed by atoms with E-state index in [2.05, 4.69) is 24.9 Å². The van der Waals surface area contributed by atoms with Crippen LogP contribution < -0.4 is 14.4 Å². The molecule has 0 saturated carbocycles. The number of nitrogens with zero attached hydrogens (tertiary/aromatic N) is 5. The Morgan fingerprint density at radius 2 is 1.83 bits per heavy atom. The minimum absolute atomic E-state index is 0.192. The standard InChI is InChI=1S/C22H28N6O5S2/c1-31-21-17(26-35(2,29)30)11-15(12-23-21)18-20-19(25-22(24-18)28-5-9-33-10-6-28)16(14-34-20)13-27-3-7-32-8-4-27/h11-12,14,26H,3-10,13H2,1-2H3. The van der Waals surface area contributed by atoms with Crippen LogP contribution in [-0.2, 0) is 26.0 Å². The van der Waals surface area contributed by atoms with Crippen molar-refractivity contribution in [2.75, 3.05) is 75.6 Å². The Morgan fingerprint density at radius 3 is 2.51 bits per heavy atom. The molecular weight excluding hydrogens is 492 g/mol. The second-order valence-electron chi connectivity index (χ2n) is 8.45. The molecule has 3 aromatic rings. The van der Waals surface area contributed by atoms with Crippen LogP contribution in [0, 0.1) is 0 Å². The Kier molecular flexibility index (Phi) is 7.02. The second-order valence-corrected chi connectivity index (χ2v) is 11.1. The summed E-state index contributed by atoms with van der Waals surface area (Å²) >= 11 is 1.58. The summed E-state index contributed by atoms with van der Waals surface area (Å²) in [6, 6.07) is 1.71. The van der Waals surface area contributed by atoms with Crippen molar-refractivity contribution >= 4 is 43.2 Å². The minimum Gasteiger partial charge on any atom is -0.480 e. The van der Waals surface area contributed by atoms with Crippen molar-refractivity contribution in [3.8, 4) is 17.1 Å². The molecule has 0 atom stereocenters. The van der Waals surface area contributed by atoms with Crippen LogP contribution in [0.15, 0.2) is 17.6 Å². The lowest BCUT2D eigenvalue weighted by Crippen LogP contribution is -2.37. The number of morpholine rings is 2. The third-order valence-corrected chi connectivity index (χ3v) is 7.50. The van der Waals surface area contributed by atoms with Crippen molar-refractivity contribution in [1.29, 1.82) is 0 Å². The summed E-state index contributed by atoms with van der Waals surface area (Å²) < 4.78 is 43.6. The molecule has 0 aliphatic carbocycles. The number of hydrogen-bond acceptors (Lipinski definition) is 11. The van der Waals surface area contributed by atoms with Crippen LogP contribution in [0.3, 0.4) is 0 Å². The van der Waals surface area contributed by atoms with Crippen LogP contribution >= 0.6 is 11.3 Å². The Hall–Kier alpha value is -2.58. The zero-order valence-corrected chi connectivity index (χ0v) is 21.3. The number of hydrogen-bond donors (Lipinski definition) is 1. The second kappa shape index (κ2) is 10.2. The average Bonchev–Trinajstić information content (AvgIpc) is 3.26. The quantitative estimate of drug-likeness (QED) is 0.494. The number of aromatic nitrogens is 3. The Labute approximate surface area is 208 Å². The molecule has 13 heteroatoms. The van der Waals surface area contributed by atoms with Crippen molar-refractivity contribution in [2.45, 2.75) is 6.54 Å². The van der Waals surface area contributed by atoms with Gasteiger partial charge in [-0.2, -0.15) is 0 Å². The smallest absolute Gasteiger partial charge is 0.238 e. The third-order valence-electron chi connectivity index (χ3n) is 5.88. The number of pyridine rings is 1. The highest BCUT2D eigenvalue weighted by molar-refractivity contribution is 7.92. The molecule has 0 amide bonds. The maximum Gasteiger partial charge on any atom is 0.238 e. The van der Waals surface area contributed by atoms with E-state index >= 15 is 0 Å². The highest BCUT2D eigenvalue weighted by Crippen LogP contribution is 2.37. The zero-order valence-electron chi connectivity index (χ0n) is 19.7. The minimum atomic E-state index is -3.53. The van der Waals surface area contributed by atoms with Gasteiger partial charge in [-0.3, -0.25) is 9.62 Å². The first-order valence-electron chi connectivity index (χ1n) is 11.3. The van der Waals surface area contributed by atoms with Gasteiger partial charge in [0.15, 0.2) is 0 Å². The molecule has 2 saturated heterocycles. The first kappa shape index (κ1) is 24.1. The molecule has 188 valence electrons. The zero-order chi connectivity index (χ0) is 24.4. The van der Waals surface area contributed by atoms with Crippen LogP contribution in [0.5, 0.6) is 5.88 Å². The van der Waals surface area contributed by atoms with Crippen LogP contribution in [0.25, 0.3) is 21.5 Å². The van der Waals surface area contributed by atoms with E-state index in [9.17, 15) is 8.42 Å². The van der Waals surface area contributed by atoms with Gasteiger partial charge in [0.1, 0.15) is 5.69 Å². The van der Waals surface area contributed by atoms with Gasteiger partial charge in [0.05, 0.1) is 55.7 Å². The molecular formula is C22H28N6O5S2. The number of anilines is 2. The fourth-order valence-corrected chi connectivity index (χ4v) is 5.74. The summed E-state index contributed by atoms with van der Waals surface area (Å²) in [6.07, 6.45) is 2.74. The topological polar surface area (TPSA) is 119 Å². The van der Waals surface area contributed by atoms with Gasteiger partial charge in [0.2, 0.25) is 21.9 Å². The van der Waals surface area contributed by atoms with Gasteiger partial charge in [0, 0.05) is 50.0 Å². The predicted octanol–water partition coefficient (Wildman–Crippen LogP) is 1.80. The highest BCUT2D eigenvalue weighted by Gasteiger charge is 2.23. The third kappa shape index (κ3) is 5.48. The summed E-state index contributed by atoms with van der Waals surface area (Å²) in [4.78, 5) is 18.7. The van der Waals surface area contributed by atoms with Gasteiger partial charge in [-0.15, -0.1) is 11.3 Å². The number of fused-ring (bicyclic) bond motifs is 1. The lowest BCUT2D eigenvalue weighted by molar-refractivity contribution is 0.0344. The number of nitrogens with one attached hydrogen (secondary N) is 1. The predicted molar refractivity (Wildman–Crippen MR) is 135 cm³/mol. The monoisotopic (exact) mass is 520 g/mol. The molecule has 2 aliphatic rings. The maximum atomic E-state index is 11.9. The Balaban J connectivity index is 1.61. The van der Waals surface area contributed by atoms with E-state index in [-0.39, 0.29) is 11.6 Å². The summed E-state index contributed by atoms with van der Waals surface area (Å²) in [7, 11) is -2.08. The van der Waals surface area contributed by atoms with Crippen molar-refractivity contribution in [1.82, 2.24) is 19.9 Å². The fourth-order valence-electron chi connectivity index (χ4n) is 4.18. The van der Waals surface area contributed by atoms with Crippen molar-refractivity contribution in [3.63, 3.8) is 0 Å². The van der Waals surface area contributed by atoms with E-state index in [0.717, 1.165) is 54.9 Å². The Morgan fingerprint density at radius 1 is 1.11 bits per heavy atom. The summed E-state index contributed by atoms with van der Waals surface area (Å²) in [5, 5.41) is 2.13. The van der Waals surface area contributed by atoms with E-state index in [1.807, 2.05) is 0 Å². The van der Waals surface area contributed by atoms with Crippen LogP contribution in [0.1, 0.15) is 5.56 Å². The number of rotatable bonds is 7. The molecule has 2 fully saturated rings. The number of methoxy groups -OCH3 is 1. The van der Waals surface area contributed by atoms with Crippen LogP contribution in [-0.4, -0.2) is 94.2 Å². The largest absolute Gasteiger partial charge is 0.480 e. The average molecular weight is 521 g/mol. The van der Waals surface area contributed by atoms with Gasteiger partial charge in [-0.05, 0) is 11.4 Å². The lowest BCUT2D eigenvalue weighted by atomic mass is 10.1. The molecule has 0 bridgehead atoms. The highest BCUT2D eigenvalue weighted by atomic mass is 32.2. The number of thiophene rings is 1. The van der Waals surface area contributed by atoms with E-state index in [0.29, 0.717) is 43.5 Å². The Bertz CT molecular complexity index is 1300. The number of sulfonamides is 1. The lowest BCUT2D eigenvalue weighted by Gasteiger charge is -2.28. The molecule has 5 heterocycles. The van der Waals surface area contributed by atoms with E-state index in [1.54, 1.807) is 23.6 Å². The molecule has 1 N–H and O–H groups in total. The maximum absolute atomic E-state index is 11.9. The SMILES string of the molecule is COc1ncc(-c2nc(N3CCOCC3)nc3c(CN4CCOCC4)csc23)cc1NS(C)(=O)=O. The molecule has 0 spiro atoms. The van der Waals surface area contributed by atoms with Gasteiger partial charge in [-0.25, -0.2) is 23.4 Å². The summed E-state index contributed by atoms with van der Waals surface area (Å²) in [5.41, 5.74) is 3.69. The van der Waals surface area contributed by atoms with Crippen molar-refractivity contribution in [3.05, 3.63) is 23.2 Å². The molecule has 0 radical (unpaired) electrons. The molecule has 0 aromatic carbocycles. The van der Waals surface area contributed by atoms with Crippen molar-refractivity contribution in [2.24, 2.45) is 0 Å². The molecule has 0 unspecified atom stereocenters. The molecule has 5 rings (SSSR count). The van der Waals surface area contributed by atoms with Gasteiger partial charge in [0.25, 0.3) is 0 Å². The first-order chi connectivity index (χ1) is 16.9. The van der Waals surface area contributed by atoms with E-state index in [1.165, 1.54) is 7.11 Å². The molecule has 3 aromatic heterocycles. The number of ether oxygens (including phenoxy) is 3. The van der Waals surface area contributed by atoms with Gasteiger partial charge < -0.3 is 19.1 Å². The van der Waals surface area contributed by atoms with Gasteiger partial charge in [-0.1, -0.05) is 0 Å². The summed E-state index contributed by atoms with van der Waals surface area (Å²) in [5.74, 6) is 0.822. The molecule has 35 heavy (non-hydrogen) atoms. The van der Waals surface area contributed by atoms with E-state index in [4.69, 9.17) is 24.2 Å². The van der Waals surface area contributed by atoms with Gasteiger partial charge >= 0.3 is 0 Å². The van der Waals surface area contributed by atoms with E-state index < -0.39 is 10.0 Å². The van der Waals surface area contributed by atoms with Crippen molar-refractivity contribution < 1.29 is 22.6 Å². The van der Waals surface area contributed by atoms with Crippen LogP contribution in [0.4, 0.5) is 11.6 Å². The molecule has 2 aliphatic heterocycles. The molecule has 11 nitrogen and oxygen atoms in total. The fraction of sp³-hybridized carbons (Fsp3) is 0.500.